The first-order valence-corrected chi connectivity index (χ1v) is 11.6. The van der Waals surface area contributed by atoms with E-state index in [-0.39, 0.29) is 12.2 Å². The van der Waals surface area contributed by atoms with Crippen LogP contribution in [0, 0.1) is 0 Å². The van der Waals surface area contributed by atoms with Crippen LogP contribution in [0.2, 0.25) is 0 Å². The minimum atomic E-state index is -1.23. The van der Waals surface area contributed by atoms with Gasteiger partial charge in [-0.2, -0.15) is 12.6 Å². The van der Waals surface area contributed by atoms with Crippen molar-refractivity contribution in [3.8, 4) is 0 Å². The van der Waals surface area contributed by atoms with Gasteiger partial charge >= 0.3 is 5.97 Å². The van der Waals surface area contributed by atoms with Gasteiger partial charge in [0.25, 0.3) is 0 Å². The van der Waals surface area contributed by atoms with Crippen LogP contribution < -0.4 is 27.4 Å². The Kier molecular flexibility index (Phi) is 10.8. The van der Waals surface area contributed by atoms with Gasteiger partial charge in [0.2, 0.25) is 17.7 Å². The van der Waals surface area contributed by atoms with Crippen molar-refractivity contribution in [2.45, 2.75) is 43.8 Å². The van der Waals surface area contributed by atoms with Crippen LogP contribution >= 0.6 is 12.6 Å². The van der Waals surface area contributed by atoms with Crippen LogP contribution in [0.4, 0.5) is 0 Å². The van der Waals surface area contributed by atoms with Gasteiger partial charge in [0.1, 0.15) is 12.1 Å². The molecule has 3 amide bonds. The summed E-state index contributed by atoms with van der Waals surface area (Å²) >= 11 is 3.88. The topological polar surface area (TPSA) is 192 Å². The molecule has 3 atom stereocenters. The molecule has 1 aromatic heterocycles. The molecule has 0 radical (unpaired) electrons. The highest BCUT2D eigenvalue weighted by Gasteiger charge is 2.26. The number of nitrogens with one attached hydrogen (secondary N) is 4. The first kappa shape index (κ1) is 27.2. The van der Waals surface area contributed by atoms with Gasteiger partial charge in [-0.1, -0.05) is 24.6 Å². The molecule has 2 rings (SSSR count). The summed E-state index contributed by atoms with van der Waals surface area (Å²) < 4.78 is 0. The smallest absolute Gasteiger partial charge is 0.327 e. The van der Waals surface area contributed by atoms with Crippen molar-refractivity contribution < 1.29 is 24.3 Å². The molecule has 0 aliphatic rings. The Morgan fingerprint density at radius 3 is 2.47 bits per heavy atom. The number of carboxylic acids is 1. The molecule has 1 aromatic carbocycles. The zero-order chi connectivity index (χ0) is 25.1. The van der Waals surface area contributed by atoms with Crippen LogP contribution in [0.25, 0.3) is 10.9 Å². The van der Waals surface area contributed by atoms with Gasteiger partial charge in [-0.05, 0) is 31.0 Å². The Morgan fingerprint density at radius 1 is 1.06 bits per heavy atom. The van der Waals surface area contributed by atoms with Crippen LogP contribution in [-0.4, -0.2) is 70.7 Å². The number of para-hydroxylation sites is 1. The third-order valence-electron chi connectivity index (χ3n) is 5.28. The van der Waals surface area contributed by atoms with E-state index in [1.807, 2.05) is 24.3 Å². The van der Waals surface area contributed by atoms with Crippen molar-refractivity contribution in [2.24, 2.45) is 11.5 Å². The highest BCUT2D eigenvalue weighted by atomic mass is 32.1. The lowest BCUT2D eigenvalue weighted by molar-refractivity contribution is -0.141. The molecule has 0 spiro atoms. The van der Waals surface area contributed by atoms with E-state index in [4.69, 9.17) is 16.6 Å². The number of nitrogens with two attached hydrogens (primary N) is 2. The number of unbranched alkanes of at least 4 members (excludes halogenated alkanes) is 1. The Hall–Kier alpha value is -3.09. The molecule has 3 unspecified atom stereocenters. The van der Waals surface area contributed by atoms with Gasteiger partial charge < -0.3 is 37.5 Å². The summed E-state index contributed by atoms with van der Waals surface area (Å²) in [7, 11) is 0. The minimum Gasteiger partial charge on any atom is -0.480 e. The summed E-state index contributed by atoms with van der Waals surface area (Å²) in [4.78, 5) is 51.8. The number of carbonyl (C=O) groups is 4. The predicted molar refractivity (Wildman–Crippen MR) is 131 cm³/mol. The number of carbonyl (C=O) groups excluding carboxylic acids is 3. The quantitative estimate of drug-likeness (QED) is 0.126. The molecule has 0 saturated carbocycles. The van der Waals surface area contributed by atoms with Crippen molar-refractivity contribution in [3.63, 3.8) is 0 Å². The molecule has 0 bridgehead atoms. The van der Waals surface area contributed by atoms with E-state index >= 15 is 0 Å². The number of benzene rings is 1. The Morgan fingerprint density at radius 2 is 1.79 bits per heavy atom. The van der Waals surface area contributed by atoms with Gasteiger partial charge in [0.15, 0.2) is 0 Å². The molecule has 0 saturated heterocycles. The Bertz CT molecular complexity index is 997. The lowest BCUT2D eigenvalue weighted by atomic mass is 10.0. The molecule has 0 aliphatic carbocycles. The number of rotatable bonds is 14. The second kappa shape index (κ2) is 13.6. The highest BCUT2D eigenvalue weighted by molar-refractivity contribution is 7.80. The van der Waals surface area contributed by atoms with Gasteiger partial charge in [-0.25, -0.2) is 4.79 Å². The van der Waals surface area contributed by atoms with Gasteiger partial charge in [0.05, 0.1) is 12.6 Å². The summed E-state index contributed by atoms with van der Waals surface area (Å²) in [5.74, 6) is -3.10. The number of aromatic amines is 1. The summed E-state index contributed by atoms with van der Waals surface area (Å²) in [5, 5.41) is 17.3. The number of aliphatic carboxylic acids is 1. The lowest BCUT2D eigenvalue weighted by Gasteiger charge is -2.21. The maximum absolute atomic E-state index is 12.9. The second-order valence-corrected chi connectivity index (χ2v) is 8.24. The van der Waals surface area contributed by atoms with Crippen LogP contribution in [0.5, 0.6) is 0 Å². The zero-order valence-corrected chi connectivity index (χ0v) is 19.6. The van der Waals surface area contributed by atoms with Gasteiger partial charge in [-0.15, -0.1) is 0 Å². The summed E-state index contributed by atoms with van der Waals surface area (Å²) in [6.45, 7) is 0.0388. The number of hydrogen-bond acceptors (Lipinski definition) is 7. The number of amides is 3. The van der Waals surface area contributed by atoms with Gasteiger partial charge in [0, 0.05) is 29.3 Å². The first-order valence-electron chi connectivity index (χ1n) is 11.0. The van der Waals surface area contributed by atoms with Crippen LogP contribution in [0.3, 0.4) is 0 Å². The number of fused-ring (bicyclic) bond motifs is 1. The third-order valence-corrected chi connectivity index (χ3v) is 5.64. The number of carboxylic acid groups (broad SMARTS) is 1. The maximum Gasteiger partial charge on any atom is 0.327 e. The standard InChI is InChI=1S/C22H32N6O5S/c23-8-4-3-6-15(24)20(30)28-17(9-13-10-25-16-7-2-1-5-14(13)16)21(31)26-11-19(29)27-18(12-34)22(32)33/h1-2,5,7,10,15,17-18,25,34H,3-4,6,8-9,11-12,23-24H2,(H,26,31)(H,27,29)(H,28,30)(H,32,33). The average molecular weight is 493 g/mol. The number of H-pyrrole nitrogens is 1. The normalized spacial score (nSPS) is 13.6. The molecule has 186 valence electrons. The van der Waals surface area contributed by atoms with E-state index in [0.29, 0.717) is 19.4 Å². The molecule has 1 heterocycles. The van der Waals surface area contributed by atoms with Crippen LogP contribution in [0.15, 0.2) is 30.5 Å². The molecule has 2 aromatic rings. The Balaban J connectivity index is 2.09. The molecular weight excluding hydrogens is 460 g/mol. The first-order chi connectivity index (χ1) is 16.3. The van der Waals surface area contributed by atoms with E-state index in [1.165, 1.54) is 0 Å². The second-order valence-electron chi connectivity index (χ2n) is 7.87. The number of thiol groups is 1. The molecule has 34 heavy (non-hydrogen) atoms. The van der Waals surface area contributed by atoms with Crippen LogP contribution in [0.1, 0.15) is 24.8 Å². The fourth-order valence-electron chi connectivity index (χ4n) is 3.37. The van der Waals surface area contributed by atoms with Crippen molar-refractivity contribution >= 4 is 47.2 Å². The third kappa shape index (κ3) is 8.04. The van der Waals surface area contributed by atoms with Crippen molar-refractivity contribution in [3.05, 3.63) is 36.0 Å². The molecule has 9 N–H and O–H groups in total. The summed E-state index contributed by atoms with van der Waals surface area (Å²) in [6, 6.07) is 4.55. The van der Waals surface area contributed by atoms with Gasteiger partial charge in [-0.3, -0.25) is 14.4 Å². The maximum atomic E-state index is 12.9. The molecular formula is C22H32N6O5S. The van der Waals surface area contributed by atoms with Crippen molar-refractivity contribution in [2.75, 3.05) is 18.8 Å². The van der Waals surface area contributed by atoms with E-state index in [2.05, 4.69) is 33.6 Å². The number of aromatic nitrogens is 1. The zero-order valence-electron chi connectivity index (χ0n) is 18.8. The largest absolute Gasteiger partial charge is 0.480 e. The molecule has 11 nitrogen and oxygen atoms in total. The van der Waals surface area contributed by atoms with Crippen molar-refractivity contribution in [1.82, 2.24) is 20.9 Å². The molecule has 0 fully saturated rings. The average Bonchev–Trinajstić information content (AvgIpc) is 3.23. The van der Waals surface area contributed by atoms with E-state index in [0.717, 1.165) is 22.9 Å². The highest BCUT2D eigenvalue weighted by Crippen LogP contribution is 2.19. The molecule has 0 aliphatic heterocycles. The predicted octanol–water partition coefficient (Wildman–Crippen LogP) is -0.733. The lowest BCUT2D eigenvalue weighted by Crippen LogP contribution is -2.54. The van der Waals surface area contributed by atoms with Crippen LogP contribution in [-0.2, 0) is 25.6 Å². The number of hydrogen-bond donors (Lipinski definition) is 8. The SMILES string of the molecule is NCCCCC(N)C(=O)NC(Cc1c[nH]c2ccccc12)C(=O)NCC(=O)NC(CS)C(=O)O. The Labute approximate surface area is 202 Å². The van der Waals surface area contributed by atoms with E-state index in [9.17, 15) is 19.2 Å². The fourth-order valence-corrected chi connectivity index (χ4v) is 3.62. The summed E-state index contributed by atoms with van der Waals surface area (Å²) in [6.07, 6.45) is 3.76. The fraction of sp³-hybridized carbons (Fsp3) is 0.455. The minimum absolute atomic E-state index is 0.101. The monoisotopic (exact) mass is 492 g/mol. The van der Waals surface area contributed by atoms with E-state index < -0.39 is 48.4 Å². The summed E-state index contributed by atoms with van der Waals surface area (Å²) in [5.41, 5.74) is 13.1. The molecule has 12 heteroatoms. The van der Waals surface area contributed by atoms with E-state index in [1.54, 1.807) is 6.20 Å². The van der Waals surface area contributed by atoms with Crippen molar-refractivity contribution in [1.29, 1.82) is 0 Å².